The van der Waals surface area contributed by atoms with Gasteiger partial charge in [-0.25, -0.2) is 0 Å². The van der Waals surface area contributed by atoms with Crippen molar-refractivity contribution in [2.75, 3.05) is 6.61 Å². The van der Waals surface area contributed by atoms with Crippen molar-refractivity contribution < 1.29 is 9.84 Å². The molecule has 2 rings (SSSR count). The largest absolute Gasteiger partial charge is 0.504 e. The molecule has 98 valence electrons. The van der Waals surface area contributed by atoms with Crippen LogP contribution < -0.4 is 10.5 Å². The summed E-state index contributed by atoms with van der Waals surface area (Å²) < 4.78 is 5.34. The zero-order valence-electron chi connectivity index (χ0n) is 10.00. The first-order valence-corrected chi connectivity index (χ1v) is 6.40. The second-order valence-corrected chi connectivity index (χ2v) is 4.47. The molecule has 5 heteroatoms. The second-order valence-electron chi connectivity index (χ2n) is 3.69. The number of thiophene rings is 1. The summed E-state index contributed by atoms with van der Waals surface area (Å²) in [5.41, 5.74) is 8.15. The lowest BCUT2D eigenvalue weighted by atomic mass is 10.0. The van der Waals surface area contributed by atoms with E-state index in [4.69, 9.17) is 10.5 Å². The van der Waals surface area contributed by atoms with Crippen molar-refractivity contribution in [2.45, 2.75) is 13.0 Å². The minimum atomic E-state index is -0.180. The Morgan fingerprint density at radius 3 is 2.72 bits per heavy atom. The van der Waals surface area contributed by atoms with E-state index in [1.807, 2.05) is 29.8 Å². The smallest absolute Gasteiger partial charge is 0.161 e. The number of phenolic OH excluding ortho intramolecular Hbond substituents is 1. The minimum Gasteiger partial charge on any atom is -0.504 e. The summed E-state index contributed by atoms with van der Waals surface area (Å²) in [6.07, 6.45) is 0. The molecule has 3 N–H and O–H groups in total. The summed E-state index contributed by atoms with van der Waals surface area (Å²) in [4.78, 5) is 0. The molecule has 1 aromatic heterocycles. The standard InChI is InChI=1S/C13H15NO2S.ClH/c1-2-16-12-7-9(3-4-11(12)15)13(14)10-5-6-17-8-10;/h3-8,13,15H,2,14H2,1H3;1H/t13-;/m0./s1. The summed E-state index contributed by atoms with van der Waals surface area (Å²) in [6.45, 7) is 2.40. The Kier molecular flexibility index (Phi) is 5.47. The highest BCUT2D eigenvalue weighted by Gasteiger charge is 2.12. The average molecular weight is 286 g/mol. The fraction of sp³-hybridized carbons (Fsp3) is 0.231. The zero-order valence-corrected chi connectivity index (χ0v) is 11.6. The molecular formula is C13H16ClNO2S. The van der Waals surface area contributed by atoms with Crippen molar-refractivity contribution >= 4 is 23.7 Å². The Hall–Kier alpha value is -1.23. The Morgan fingerprint density at radius 2 is 2.11 bits per heavy atom. The van der Waals surface area contributed by atoms with Crippen LogP contribution in [0.15, 0.2) is 35.0 Å². The number of ether oxygens (including phenoxy) is 1. The highest BCUT2D eigenvalue weighted by atomic mass is 35.5. The number of hydrogen-bond donors (Lipinski definition) is 2. The van der Waals surface area contributed by atoms with E-state index in [1.54, 1.807) is 23.5 Å². The number of aromatic hydroxyl groups is 1. The summed E-state index contributed by atoms with van der Waals surface area (Å²) >= 11 is 1.62. The third kappa shape index (κ3) is 3.16. The molecule has 1 aromatic carbocycles. The number of benzene rings is 1. The Labute approximate surface area is 117 Å². The van der Waals surface area contributed by atoms with Crippen molar-refractivity contribution in [3.05, 3.63) is 46.2 Å². The molecule has 0 saturated heterocycles. The van der Waals surface area contributed by atoms with Crippen molar-refractivity contribution in [2.24, 2.45) is 5.73 Å². The molecule has 3 nitrogen and oxygen atoms in total. The fourth-order valence-electron chi connectivity index (χ4n) is 1.64. The topological polar surface area (TPSA) is 55.5 Å². The van der Waals surface area contributed by atoms with Crippen molar-refractivity contribution in [3.8, 4) is 11.5 Å². The van der Waals surface area contributed by atoms with Crippen LogP contribution in [-0.2, 0) is 0 Å². The molecule has 0 amide bonds. The monoisotopic (exact) mass is 285 g/mol. The quantitative estimate of drug-likeness (QED) is 0.906. The third-order valence-corrected chi connectivity index (χ3v) is 3.25. The highest BCUT2D eigenvalue weighted by Crippen LogP contribution is 2.31. The van der Waals surface area contributed by atoms with E-state index < -0.39 is 0 Å². The molecule has 0 radical (unpaired) electrons. The highest BCUT2D eigenvalue weighted by molar-refractivity contribution is 7.08. The predicted molar refractivity (Wildman–Crippen MR) is 76.9 cm³/mol. The fourth-order valence-corrected chi connectivity index (χ4v) is 2.34. The molecule has 0 bridgehead atoms. The molecule has 1 atom stereocenters. The van der Waals surface area contributed by atoms with Gasteiger partial charge in [-0.3, -0.25) is 0 Å². The van der Waals surface area contributed by atoms with Crippen LogP contribution in [0.1, 0.15) is 24.1 Å². The van der Waals surface area contributed by atoms with E-state index in [1.165, 1.54) is 0 Å². The number of halogens is 1. The van der Waals surface area contributed by atoms with Gasteiger partial charge in [0.15, 0.2) is 11.5 Å². The van der Waals surface area contributed by atoms with Crippen LogP contribution in [-0.4, -0.2) is 11.7 Å². The van der Waals surface area contributed by atoms with Crippen LogP contribution in [0.25, 0.3) is 0 Å². The van der Waals surface area contributed by atoms with E-state index in [-0.39, 0.29) is 24.2 Å². The number of hydrogen-bond acceptors (Lipinski definition) is 4. The molecule has 0 spiro atoms. The first kappa shape index (κ1) is 14.8. The van der Waals surface area contributed by atoms with Crippen LogP contribution >= 0.6 is 23.7 Å². The van der Waals surface area contributed by atoms with Crippen LogP contribution in [0, 0.1) is 0 Å². The predicted octanol–water partition coefficient (Wildman–Crippen LogP) is 3.32. The molecular weight excluding hydrogens is 270 g/mol. The molecule has 1 heterocycles. The Morgan fingerprint density at radius 1 is 1.33 bits per heavy atom. The van der Waals surface area contributed by atoms with Gasteiger partial charge in [-0.2, -0.15) is 11.3 Å². The van der Waals surface area contributed by atoms with Gasteiger partial charge in [-0.05, 0) is 47.0 Å². The van der Waals surface area contributed by atoms with Crippen molar-refractivity contribution in [1.82, 2.24) is 0 Å². The zero-order chi connectivity index (χ0) is 12.3. The van der Waals surface area contributed by atoms with Crippen LogP contribution in [0.2, 0.25) is 0 Å². The molecule has 0 aliphatic carbocycles. The molecule has 0 unspecified atom stereocenters. The second kappa shape index (κ2) is 6.64. The summed E-state index contributed by atoms with van der Waals surface area (Å²) in [5, 5.41) is 13.6. The van der Waals surface area contributed by atoms with Gasteiger partial charge < -0.3 is 15.6 Å². The number of nitrogens with two attached hydrogens (primary N) is 1. The maximum atomic E-state index is 9.61. The molecule has 2 aromatic rings. The number of rotatable bonds is 4. The molecule has 0 aliphatic heterocycles. The Bertz CT molecular complexity index is 488. The maximum Gasteiger partial charge on any atom is 0.161 e. The van der Waals surface area contributed by atoms with Crippen molar-refractivity contribution in [1.29, 1.82) is 0 Å². The first-order chi connectivity index (χ1) is 8.22. The van der Waals surface area contributed by atoms with E-state index in [0.29, 0.717) is 12.4 Å². The molecule has 0 fully saturated rings. The third-order valence-electron chi connectivity index (χ3n) is 2.55. The first-order valence-electron chi connectivity index (χ1n) is 5.45. The molecule has 0 aliphatic rings. The lowest BCUT2D eigenvalue weighted by Gasteiger charge is -2.13. The lowest BCUT2D eigenvalue weighted by molar-refractivity contribution is 0.317. The van der Waals surface area contributed by atoms with Crippen LogP contribution in [0.3, 0.4) is 0 Å². The van der Waals surface area contributed by atoms with Gasteiger partial charge in [0.05, 0.1) is 12.6 Å². The molecule has 18 heavy (non-hydrogen) atoms. The average Bonchev–Trinajstić information content (AvgIpc) is 2.85. The number of phenols is 1. The van der Waals surface area contributed by atoms with Gasteiger partial charge >= 0.3 is 0 Å². The van der Waals surface area contributed by atoms with Gasteiger partial charge in [-0.1, -0.05) is 6.07 Å². The SMILES string of the molecule is CCOc1cc([C@H](N)c2ccsc2)ccc1O.Cl. The van der Waals surface area contributed by atoms with Crippen LogP contribution in [0.4, 0.5) is 0 Å². The minimum absolute atomic E-state index is 0. The van der Waals surface area contributed by atoms with E-state index in [2.05, 4.69) is 0 Å². The Balaban J connectivity index is 0.00000162. The maximum absolute atomic E-state index is 9.61. The normalized spacial score (nSPS) is 11.7. The van der Waals surface area contributed by atoms with E-state index in [0.717, 1.165) is 11.1 Å². The van der Waals surface area contributed by atoms with E-state index in [9.17, 15) is 5.11 Å². The van der Waals surface area contributed by atoms with Gasteiger partial charge in [0.1, 0.15) is 0 Å². The van der Waals surface area contributed by atoms with Gasteiger partial charge in [0.25, 0.3) is 0 Å². The van der Waals surface area contributed by atoms with Gasteiger partial charge in [0, 0.05) is 0 Å². The summed E-state index contributed by atoms with van der Waals surface area (Å²) in [7, 11) is 0. The van der Waals surface area contributed by atoms with E-state index >= 15 is 0 Å². The summed E-state index contributed by atoms with van der Waals surface area (Å²) in [5.74, 6) is 0.629. The van der Waals surface area contributed by atoms with Gasteiger partial charge in [-0.15, -0.1) is 12.4 Å². The van der Waals surface area contributed by atoms with Gasteiger partial charge in [0.2, 0.25) is 0 Å². The summed E-state index contributed by atoms with van der Waals surface area (Å²) in [6, 6.07) is 7.05. The molecule has 0 saturated carbocycles. The van der Waals surface area contributed by atoms with Crippen molar-refractivity contribution in [3.63, 3.8) is 0 Å². The lowest BCUT2D eigenvalue weighted by Crippen LogP contribution is -2.10. The van der Waals surface area contributed by atoms with Crippen LogP contribution in [0.5, 0.6) is 11.5 Å².